The maximum absolute atomic E-state index is 12.6. The zero-order valence-electron chi connectivity index (χ0n) is 59.8. The minimum atomic E-state index is -4.44. The minimum absolute atomic E-state index is 0.000667. The van der Waals surface area contributed by atoms with Crippen molar-refractivity contribution < 1.29 is 93.3 Å². The molecule has 0 N–H and O–H groups in total. The molecule has 0 bridgehead atoms. The van der Waals surface area contributed by atoms with Crippen LogP contribution in [-0.4, -0.2) is 88.6 Å². The van der Waals surface area contributed by atoms with E-state index in [4.69, 9.17) is 61.8 Å². The second-order valence-electron chi connectivity index (χ2n) is 21.9. The number of terminal acetylenes is 2. The zero-order chi connectivity index (χ0) is 81.9. The summed E-state index contributed by atoms with van der Waals surface area (Å²) in [4.78, 5) is 73.6. The van der Waals surface area contributed by atoms with Crippen molar-refractivity contribution in [3.63, 3.8) is 0 Å². The van der Waals surface area contributed by atoms with Crippen LogP contribution in [0.4, 0.5) is 60.5 Å². The highest BCUT2D eigenvalue weighted by Crippen LogP contribution is 2.34. The molecule has 0 amide bonds. The van der Waals surface area contributed by atoms with E-state index in [1.165, 1.54) is 93.9 Å². The molecule has 0 aliphatic rings. The molecule has 0 fully saturated rings. The van der Waals surface area contributed by atoms with E-state index in [1.807, 2.05) is 0 Å². The molecule has 0 saturated carbocycles. The molecule has 0 saturated heterocycles. The molecule has 0 radical (unpaired) electrons. The normalized spacial score (nSPS) is 10.8. The number of azo groups is 4. The number of halogens is 6. The molecule has 0 atom stereocenters. The minimum Gasteiger partial charge on any atom is -0.487 e. The third-order valence-electron chi connectivity index (χ3n) is 14.2. The Labute approximate surface area is 633 Å². The van der Waals surface area contributed by atoms with Crippen molar-refractivity contribution in [1.82, 2.24) is 0 Å². The zero-order valence-corrected chi connectivity index (χ0v) is 59.8. The lowest BCUT2D eigenvalue weighted by Crippen LogP contribution is -2.10. The van der Waals surface area contributed by atoms with Crippen molar-refractivity contribution in [2.75, 3.05) is 54.9 Å². The Hall–Kier alpha value is -14.6. The third-order valence-corrected chi connectivity index (χ3v) is 14.2. The molecule has 0 heterocycles. The maximum Gasteiger partial charge on any atom is 0.416 e. The van der Waals surface area contributed by atoms with Crippen LogP contribution in [0, 0.1) is 44.9 Å². The fourth-order valence-electron chi connectivity index (χ4n) is 8.98. The Morgan fingerprint density at radius 2 is 0.643 bits per heavy atom. The Bertz CT molecular complexity index is 4830. The van der Waals surface area contributed by atoms with Crippen LogP contribution < -0.4 is 18.9 Å². The Kier molecular flexibility index (Phi) is 36.5. The molecular formula is C74H66F6N16O16. The maximum atomic E-state index is 12.6. The molecule has 112 heavy (non-hydrogen) atoms. The summed E-state index contributed by atoms with van der Waals surface area (Å²) in [5.74, 6) is 4.05. The van der Waals surface area contributed by atoms with Crippen molar-refractivity contribution in [2.24, 2.45) is 51.1 Å². The first-order valence-electron chi connectivity index (χ1n) is 32.3. The number of esters is 4. The second kappa shape index (κ2) is 46.4. The number of non-ortho nitro benzene ring substituents is 2. The topological polar surface area (TPSA) is 425 Å². The highest BCUT2D eigenvalue weighted by molar-refractivity contribution is 5.74. The van der Waals surface area contributed by atoms with Crippen LogP contribution in [0.1, 0.15) is 55.6 Å². The van der Waals surface area contributed by atoms with Gasteiger partial charge in [-0.05, 0) is 106 Å². The van der Waals surface area contributed by atoms with Gasteiger partial charge < -0.3 is 37.9 Å². The first-order valence-corrected chi connectivity index (χ1v) is 32.3. The molecule has 0 unspecified atom stereocenters. The van der Waals surface area contributed by atoms with E-state index in [0.717, 1.165) is 24.3 Å². The van der Waals surface area contributed by atoms with Gasteiger partial charge in [0.05, 0.1) is 69.4 Å². The monoisotopic (exact) mass is 1550 g/mol. The van der Waals surface area contributed by atoms with Gasteiger partial charge in [0.2, 0.25) is 0 Å². The number of rotatable bonds is 32. The molecule has 32 nitrogen and oxygen atoms in total. The predicted octanol–water partition coefficient (Wildman–Crippen LogP) is 17.9. The number of carbonyl (C=O) groups is 4. The summed E-state index contributed by atoms with van der Waals surface area (Å²) in [6.07, 6.45) is 1.19. The SMILES string of the molecule is C#CCOc1cc(N=NC)ccc1COC(=O)Cc1ccc(C(F)(F)F)cc1.C#CCOc1cc(N=NC)ccc1COC(=O)Cc1ccc([N+](=O)[O-])cc1.CN=Nc1ccc(COC(=O)Cc2ccc(C(F)(F)F)cc2)c(OCN=[N+]=[N-])c1.CN=Nc1ccc(COC(=O)Cc2ccc([N+](=O)[O-])cc2)c(OCN=[N+]=[N-])c1. The molecule has 8 aromatic carbocycles. The number of nitrogens with zero attached hydrogens (tertiary/aromatic N) is 16. The van der Waals surface area contributed by atoms with Gasteiger partial charge in [0, 0.05) is 109 Å². The smallest absolute Gasteiger partial charge is 0.416 e. The molecule has 0 aliphatic carbocycles. The summed E-state index contributed by atoms with van der Waals surface area (Å²) in [6.45, 7) is -0.702. The summed E-state index contributed by atoms with van der Waals surface area (Å²) < 4.78 is 118. The fourth-order valence-corrected chi connectivity index (χ4v) is 8.98. The van der Waals surface area contributed by atoms with E-state index >= 15 is 0 Å². The molecule has 580 valence electrons. The number of carbonyl (C=O) groups excluding carboxylic acids is 4. The van der Waals surface area contributed by atoms with E-state index in [1.54, 1.807) is 79.8 Å². The molecular weight excluding hydrogens is 1480 g/mol. The number of ether oxygens (including phenoxy) is 8. The van der Waals surface area contributed by atoms with E-state index < -0.39 is 57.2 Å². The van der Waals surface area contributed by atoms with Crippen LogP contribution >= 0.6 is 0 Å². The van der Waals surface area contributed by atoms with Gasteiger partial charge >= 0.3 is 36.2 Å². The number of alkyl halides is 6. The molecule has 8 aromatic rings. The van der Waals surface area contributed by atoms with Crippen LogP contribution in [0.3, 0.4) is 0 Å². The van der Waals surface area contributed by atoms with E-state index in [0.29, 0.717) is 90.3 Å². The van der Waals surface area contributed by atoms with Gasteiger partial charge in [0.15, 0.2) is 13.5 Å². The average molecular weight is 1550 g/mol. The molecule has 0 aliphatic heterocycles. The Balaban J connectivity index is 0.000000267. The lowest BCUT2D eigenvalue weighted by molar-refractivity contribution is -0.385. The van der Waals surface area contributed by atoms with Gasteiger partial charge in [-0.2, -0.15) is 67.3 Å². The molecule has 8 rings (SSSR count). The van der Waals surface area contributed by atoms with Gasteiger partial charge in [0.25, 0.3) is 11.4 Å². The third kappa shape index (κ3) is 31.8. The average Bonchev–Trinajstić information content (AvgIpc) is 0.886. The Morgan fingerprint density at radius 3 is 0.857 bits per heavy atom. The summed E-state index contributed by atoms with van der Waals surface area (Å²) in [5, 5.41) is 58.1. The first kappa shape index (κ1) is 88.0. The first-order chi connectivity index (χ1) is 53.7. The number of azide groups is 2. The van der Waals surface area contributed by atoms with Gasteiger partial charge in [-0.15, -0.1) is 12.8 Å². The van der Waals surface area contributed by atoms with Crippen LogP contribution in [0.2, 0.25) is 0 Å². The standard InChI is InChI=1S/C20H17F3N2O3.C19H17N3O5.C18H16F3N5O3.C17H16N6O5/c1-3-10-27-18-12-17(25-24-2)9-6-15(18)13-28-19(26)11-14-4-7-16(8-5-14)20(21,22)23;1-3-10-26-18-12-16(21-20-2)7-6-15(18)13-27-19(23)11-14-4-8-17(9-5-14)22(24)25;1-23-25-15-7-4-13(16(9-15)29-11-24-26-22)10-28-17(27)8-12-2-5-14(6-3-12)18(19,20)21;1-19-21-14-5-4-13(16(9-14)28-11-20-22-18)10-27-17(24)8-12-2-6-15(7-3-12)23(25)26/h1,4-9,12H,10-11,13H2,2H3;1,4-9,12H,10-11,13H2,2H3;2-7,9H,8,10-11H2,1H3;2-7,9H,8,10-11H2,1H3. The van der Waals surface area contributed by atoms with E-state index in [2.05, 4.69) is 72.8 Å². The Morgan fingerprint density at radius 1 is 0.402 bits per heavy atom. The van der Waals surface area contributed by atoms with E-state index in [9.17, 15) is 65.7 Å². The highest BCUT2D eigenvalue weighted by atomic mass is 19.4. The number of benzene rings is 8. The van der Waals surface area contributed by atoms with E-state index in [-0.39, 0.29) is 90.2 Å². The number of hydrogen-bond acceptors (Lipinski definition) is 26. The highest BCUT2D eigenvalue weighted by Gasteiger charge is 2.31. The van der Waals surface area contributed by atoms with Crippen molar-refractivity contribution in [2.45, 2.75) is 64.5 Å². The lowest BCUT2D eigenvalue weighted by atomic mass is 10.1. The van der Waals surface area contributed by atoms with Crippen LogP contribution in [-0.2, 0) is 103 Å². The quantitative estimate of drug-likeness (QED) is 0.00435. The predicted molar refractivity (Wildman–Crippen MR) is 389 cm³/mol. The summed E-state index contributed by atoms with van der Waals surface area (Å²) in [6, 6.07) is 39.7. The van der Waals surface area contributed by atoms with Gasteiger partial charge in [0.1, 0.15) is 62.6 Å². The van der Waals surface area contributed by atoms with Gasteiger partial charge in [-0.1, -0.05) is 70.6 Å². The van der Waals surface area contributed by atoms with Crippen LogP contribution in [0.15, 0.2) is 221 Å². The number of nitro groups is 2. The van der Waals surface area contributed by atoms with Crippen LogP contribution in [0.5, 0.6) is 23.0 Å². The second-order valence-corrected chi connectivity index (χ2v) is 21.9. The summed E-state index contributed by atoms with van der Waals surface area (Å²) in [5.41, 5.74) is 21.5. The van der Waals surface area contributed by atoms with Crippen LogP contribution in [0.25, 0.3) is 20.9 Å². The van der Waals surface area contributed by atoms with Crippen molar-refractivity contribution in [3.8, 4) is 47.7 Å². The fraction of sp³-hybridized carbons (Fsp3) is 0.243. The molecule has 0 aromatic heterocycles. The van der Waals surface area contributed by atoms with Crippen molar-refractivity contribution in [1.29, 1.82) is 0 Å². The van der Waals surface area contributed by atoms with Crippen molar-refractivity contribution in [3.05, 3.63) is 267 Å². The summed E-state index contributed by atoms with van der Waals surface area (Å²) in [7, 11) is 6.10. The largest absolute Gasteiger partial charge is 0.487 e. The number of hydrogen-bond donors (Lipinski definition) is 0. The number of nitro benzene ring substituents is 2. The van der Waals surface area contributed by atoms with Gasteiger partial charge in [-0.25, -0.2) is 0 Å². The van der Waals surface area contributed by atoms with Gasteiger partial charge in [-0.3, -0.25) is 39.4 Å². The lowest BCUT2D eigenvalue weighted by Gasteiger charge is -2.11. The molecule has 0 spiro atoms. The van der Waals surface area contributed by atoms with Crippen molar-refractivity contribution >= 4 is 58.0 Å². The summed E-state index contributed by atoms with van der Waals surface area (Å²) >= 11 is 0. The molecule has 38 heteroatoms.